The van der Waals surface area contributed by atoms with Gasteiger partial charge in [0.2, 0.25) is 0 Å². The molecule has 3 aromatic rings. The molecule has 2 heterocycles. The molecule has 1 aliphatic rings. The molecule has 178 valence electrons. The maximum Gasteiger partial charge on any atom is 0.252 e. The van der Waals surface area contributed by atoms with Gasteiger partial charge in [-0.25, -0.2) is 0 Å². The molecule has 7 nitrogen and oxygen atoms in total. The Morgan fingerprint density at radius 3 is 2.59 bits per heavy atom. The van der Waals surface area contributed by atoms with Crippen LogP contribution in [0.3, 0.4) is 0 Å². The van der Waals surface area contributed by atoms with Gasteiger partial charge in [-0.1, -0.05) is 24.3 Å². The van der Waals surface area contributed by atoms with E-state index in [1.165, 1.54) is 16.8 Å². The molecule has 2 aromatic carbocycles. The highest BCUT2D eigenvalue weighted by atomic mass is 16.5. The molecule has 4 rings (SSSR count). The summed E-state index contributed by atoms with van der Waals surface area (Å²) in [6, 6.07) is 18.1. The van der Waals surface area contributed by atoms with E-state index in [0.29, 0.717) is 30.2 Å². The molecule has 0 bridgehead atoms. The number of pyridine rings is 1. The number of aromatic nitrogens is 1. The van der Waals surface area contributed by atoms with Gasteiger partial charge >= 0.3 is 0 Å². The third kappa shape index (κ3) is 6.05. The van der Waals surface area contributed by atoms with Crippen LogP contribution in [0.4, 0.5) is 5.69 Å². The van der Waals surface area contributed by atoms with Crippen LogP contribution in [0.1, 0.15) is 21.5 Å². The average molecular weight is 461 g/mol. The summed E-state index contributed by atoms with van der Waals surface area (Å²) in [6.45, 7) is 7.82. The first-order valence-corrected chi connectivity index (χ1v) is 11.6. The SMILES string of the molecule is COc1ccc(CN2CCN(c3ccccc3C)CC2)cc1OCCNC(=O)c1cccnc1. The van der Waals surface area contributed by atoms with Gasteiger partial charge in [0.25, 0.3) is 5.91 Å². The second-order valence-corrected chi connectivity index (χ2v) is 8.38. The van der Waals surface area contributed by atoms with Gasteiger partial charge in [-0.3, -0.25) is 14.7 Å². The number of amides is 1. The molecule has 1 aromatic heterocycles. The number of anilines is 1. The van der Waals surface area contributed by atoms with E-state index in [2.05, 4.69) is 57.4 Å². The van der Waals surface area contributed by atoms with E-state index in [1.807, 2.05) is 12.1 Å². The number of piperazine rings is 1. The van der Waals surface area contributed by atoms with E-state index in [4.69, 9.17) is 9.47 Å². The zero-order chi connectivity index (χ0) is 23.8. The molecular weight excluding hydrogens is 428 g/mol. The highest BCUT2D eigenvalue weighted by Crippen LogP contribution is 2.29. The van der Waals surface area contributed by atoms with Crippen LogP contribution in [0.25, 0.3) is 0 Å². The molecule has 0 unspecified atom stereocenters. The lowest BCUT2D eigenvalue weighted by Gasteiger charge is -2.36. The van der Waals surface area contributed by atoms with E-state index < -0.39 is 0 Å². The Bertz CT molecular complexity index is 1080. The minimum atomic E-state index is -0.165. The summed E-state index contributed by atoms with van der Waals surface area (Å²) in [7, 11) is 1.64. The van der Waals surface area contributed by atoms with Crippen molar-refractivity contribution in [3.05, 3.63) is 83.7 Å². The third-order valence-corrected chi connectivity index (χ3v) is 6.03. The molecule has 34 heavy (non-hydrogen) atoms. The molecule has 0 aliphatic carbocycles. The molecule has 0 radical (unpaired) electrons. The van der Waals surface area contributed by atoms with Gasteiger partial charge in [0.15, 0.2) is 11.5 Å². The normalized spacial score (nSPS) is 14.0. The second kappa shape index (κ2) is 11.5. The Morgan fingerprint density at radius 2 is 1.85 bits per heavy atom. The fraction of sp³-hybridized carbons (Fsp3) is 0.333. The largest absolute Gasteiger partial charge is 0.493 e. The number of carbonyl (C=O) groups excluding carboxylic acids is 1. The monoisotopic (exact) mass is 460 g/mol. The van der Waals surface area contributed by atoms with Crippen LogP contribution in [0.15, 0.2) is 67.0 Å². The number of hydrogen-bond acceptors (Lipinski definition) is 6. The molecule has 1 fully saturated rings. The molecule has 0 saturated carbocycles. The second-order valence-electron chi connectivity index (χ2n) is 8.38. The van der Waals surface area contributed by atoms with E-state index in [9.17, 15) is 4.79 Å². The highest BCUT2D eigenvalue weighted by Gasteiger charge is 2.19. The number of nitrogens with zero attached hydrogens (tertiary/aromatic N) is 3. The standard InChI is InChI=1S/C27H32N4O3/c1-21-6-3-4-8-24(21)31-15-13-30(14-16-31)20-22-9-10-25(33-2)26(18-22)34-17-12-29-27(32)23-7-5-11-28-19-23/h3-11,18-19H,12-17,20H2,1-2H3,(H,29,32). The van der Waals surface area contributed by atoms with Crippen molar-refractivity contribution in [2.75, 3.05) is 51.3 Å². The van der Waals surface area contributed by atoms with Crippen LogP contribution in [0, 0.1) is 6.92 Å². The summed E-state index contributed by atoms with van der Waals surface area (Å²) >= 11 is 0. The fourth-order valence-electron chi connectivity index (χ4n) is 4.18. The van der Waals surface area contributed by atoms with E-state index in [-0.39, 0.29) is 5.91 Å². The van der Waals surface area contributed by atoms with Crippen molar-refractivity contribution in [3.8, 4) is 11.5 Å². The molecule has 1 amide bonds. The average Bonchev–Trinajstić information content (AvgIpc) is 2.88. The summed E-state index contributed by atoms with van der Waals surface area (Å²) in [4.78, 5) is 21.0. The number of methoxy groups -OCH3 is 1. The molecule has 0 spiro atoms. The van der Waals surface area contributed by atoms with Crippen LogP contribution in [-0.2, 0) is 6.54 Å². The molecule has 0 atom stereocenters. The van der Waals surface area contributed by atoms with Crippen molar-refractivity contribution in [2.45, 2.75) is 13.5 Å². The van der Waals surface area contributed by atoms with Crippen molar-refractivity contribution >= 4 is 11.6 Å². The van der Waals surface area contributed by atoms with E-state index in [1.54, 1.807) is 31.6 Å². The van der Waals surface area contributed by atoms with Gasteiger partial charge in [0, 0.05) is 50.8 Å². The van der Waals surface area contributed by atoms with Crippen LogP contribution in [-0.4, -0.2) is 62.2 Å². The number of ether oxygens (including phenoxy) is 2. The number of aryl methyl sites for hydroxylation is 1. The predicted octanol–water partition coefficient (Wildman–Crippen LogP) is 3.53. The van der Waals surface area contributed by atoms with Gasteiger partial charge in [-0.2, -0.15) is 0 Å². The Labute approximate surface area is 201 Å². The fourth-order valence-corrected chi connectivity index (χ4v) is 4.18. The van der Waals surface area contributed by atoms with Gasteiger partial charge in [-0.15, -0.1) is 0 Å². The summed E-state index contributed by atoms with van der Waals surface area (Å²) < 4.78 is 11.4. The van der Waals surface area contributed by atoms with Crippen molar-refractivity contribution in [2.24, 2.45) is 0 Å². The number of carbonyl (C=O) groups is 1. The number of nitrogens with one attached hydrogen (secondary N) is 1. The number of hydrogen-bond donors (Lipinski definition) is 1. The topological polar surface area (TPSA) is 66.9 Å². The minimum absolute atomic E-state index is 0.165. The van der Waals surface area contributed by atoms with E-state index in [0.717, 1.165) is 32.7 Å². The number of rotatable bonds is 9. The quantitative estimate of drug-likeness (QED) is 0.493. The van der Waals surface area contributed by atoms with Crippen LogP contribution < -0.4 is 19.7 Å². The van der Waals surface area contributed by atoms with Crippen molar-refractivity contribution in [3.63, 3.8) is 0 Å². The van der Waals surface area contributed by atoms with Crippen LogP contribution in [0.2, 0.25) is 0 Å². The van der Waals surface area contributed by atoms with Gasteiger partial charge in [0.1, 0.15) is 6.61 Å². The van der Waals surface area contributed by atoms with E-state index >= 15 is 0 Å². The lowest BCUT2D eigenvalue weighted by Crippen LogP contribution is -2.46. The van der Waals surface area contributed by atoms with Crippen molar-refractivity contribution in [1.82, 2.24) is 15.2 Å². The maximum atomic E-state index is 12.1. The van der Waals surface area contributed by atoms with Gasteiger partial charge in [0.05, 0.1) is 19.2 Å². The molecule has 7 heteroatoms. The Balaban J connectivity index is 1.28. The maximum absolute atomic E-state index is 12.1. The summed E-state index contributed by atoms with van der Waals surface area (Å²) in [5.74, 6) is 1.21. The summed E-state index contributed by atoms with van der Waals surface area (Å²) in [6.07, 6.45) is 3.19. The van der Waals surface area contributed by atoms with Gasteiger partial charge in [-0.05, 0) is 48.4 Å². The first kappa shape index (κ1) is 23.6. The Hall–Kier alpha value is -3.58. The lowest BCUT2D eigenvalue weighted by atomic mass is 10.1. The minimum Gasteiger partial charge on any atom is -0.493 e. The molecular formula is C27H32N4O3. The summed E-state index contributed by atoms with van der Waals surface area (Å²) in [5.41, 5.74) is 4.37. The zero-order valence-electron chi connectivity index (χ0n) is 19.9. The Morgan fingerprint density at radius 1 is 1.03 bits per heavy atom. The molecule has 1 aliphatic heterocycles. The molecule has 1 N–H and O–H groups in total. The predicted molar refractivity (Wildman–Crippen MR) is 134 cm³/mol. The lowest BCUT2D eigenvalue weighted by molar-refractivity contribution is 0.0946. The van der Waals surface area contributed by atoms with Crippen molar-refractivity contribution < 1.29 is 14.3 Å². The first-order valence-electron chi connectivity index (χ1n) is 11.6. The van der Waals surface area contributed by atoms with Crippen LogP contribution in [0.5, 0.6) is 11.5 Å². The Kier molecular flexibility index (Phi) is 7.99. The number of para-hydroxylation sites is 1. The van der Waals surface area contributed by atoms with Gasteiger partial charge < -0.3 is 19.7 Å². The molecule has 1 saturated heterocycles. The zero-order valence-corrected chi connectivity index (χ0v) is 19.9. The highest BCUT2D eigenvalue weighted by molar-refractivity contribution is 5.93. The smallest absolute Gasteiger partial charge is 0.252 e. The van der Waals surface area contributed by atoms with Crippen LogP contribution >= 0.6 is 0 Å². The summed E-state index contributed by atoms with van der Waals surface area (Å²) in [5, 5.41) is 2.85. The first-order chi connectivity index (χ1) is 16.6. The number of benzene rings is 2. The third-order valence-electron chi connectivity index (χ3n) is 6.03. The van der Waals surface area contributed by atoms with Crippen molar-refractivity contribution in [1.29, 1.82) is 0 Å².